The highest BCUT2D eigenvalue weighted by Crippen LogP contribution is 2.47. The first-order chi connectivity index (χ1) is 19.1. The Morgan fingerprint density at radius 2 is 1.44 bits per heavy atom. The minimum Gasteiger partial charge on any atom is -0.413 e. The zero-order chi connectivity index (χ0) is 30.9. The Hall–Kier alpha value is -0.986. The molecular weight excluding hydrogens is 567 g/mol. The van der Waals surface area contributed by atoms with Gasteiger partial charge in [-0.15, -0.1) is 11.8 Å². The summed E-state index contributed by atoms with van der Waals surface area (Å²) in [4.78, 5) is 8.87. The number of ether oxygens (including phenoxy) is 1. The number of hydrogen-bond donors (Lipinski definition) is 1. The van der Waals surface area contributed by atoms with Crippen LogP contribution in [0.4, 0.5) is 5.82 Å². The zero-order valence-electron chi connectivity index (χ0n) is 27.9. The number of aromatic nitrogens is 4. The fraction of sp³-hybridized carbons (Fsp3) is 0.833. The van der Waals surface area contributed by atoms with Crippen molar-refractivity contribution in [2.75, 3.05) is 18.1 Å². The summed E-state index contributed by atoms with van der Waals surface area (Å²) in [5.41, 5.74) is 9.96. The molecule has 11 heteroatoms. The lowest BCUT2D eigenvalue weighted by atomic mass is 10.2. The molecule has 0 spiro atoms. The molecule has 41 heavy (non-hydrogen) atoms. The van der Waals surface area contributed by atoms with Crippen LogP contribution in [0.15, 0.2) is 11.4 Å². The molecule has 0 saturated carbocycles. The van der Waals surface area contributed by atoms with E-state index in [2.05, 4.69) is 100.0 Å². The van der Waals surface area contributed by atoms with E-state index in [-0.39, 0.29) is 18.4 Å². The van der Waals surface area contributed by atoms with E-state index >= 15 is 0 Å². The Kier molecular flexibility index (Phi) is 11.6. The first-order valence-electron chi connectivity index (χ1n) is 15.7. The van der Waals surface area contributed by atoms with Crippen molar-refractivity contribution in [3.63, 3.8) is 0 Å². The van der Waals surface area contributed by atoms with Gasteiger partial charge in [0, 0.05) is 6.42 Å². The van der Waals surface area contributed by atoms with E-state index in [1.807, 2.05) is 4.68 Å². The molecule has 1 fully saturated rings. The van der Waals surface area contributed by atoms with Crippen molar-refractivity contribution in [1.82, 2.24) is 19.7 Å². The van der Waals surface area contributed by atoms with Crippen molar-refractivity contribution in [3.8, 4) is 0 Å². The van der Waals surface area contributed by atoms with E-state index in [9.17, 15) is 0 Å². The van der Waals surface area contributed by atoms with Crippen LogP contribution in [0, 0.1) is 0 Å². The summed E-state index contributed by atoms with van der Waals surface area (Å²) in [6.07, 6.45) is 1.63. The Bertz CT molecular complexity index is 1100. The van der Waals surface area contributed by atoms with Gasteiger partial charge in [-0.05, 0) is 39.0 Å². The molecular formula is C30H57N5O3SSi2. The number of nitrogens with zero attached hydrogens (tertiary/aromatic N) is 4. The molecule has 2 N–H and O–H groups in total. The smallest absolute Gasteiger partial charge is 0.200 e. The molecule has 0 aromatic carbocycles. The van der Waals surface area contributed by atoms with Gasteiger partial charge in [-0.3, -0.25) is 0 Å². The number of rotatable bonds is 14. The summed E-state index contributed by atoms with van der Waals surface area (Å²) in [5.74, 6) is 1.33. The lowest BCUT2D eigenvalue weighted by molar-refractivity contribution is -0.0438. The maximum atomic E-state index is 7.43. The lowest BCUT2D eigenvalue weighted by Gasteiger charge is -2.45. The standard InChI is InChI=1S/C30H57N5O3SSi2/c1-14-39-30-27-28(31)32-17-33-29(27)35(34-30)26-15-24(38-41(21(8)9,22(10)11)23(12)13)25(37-26)16-36-40(18(2)3,19(4)5)20(6)7/h17-26H,14-16H2,1-13H3,(H2,31,32,33)/t24-,25+,26+/m0/s1. The summed E-state index contributed by atoms with van der Waals surface area (Å²) >= 11 is 1.65. The summed E-state index contributed by atoms with van der Waals surface area (Å²) in [6, 6.07) is 0. The normalized spacial score (nSPS) is 20.8. The summed E-state index contributed by atoms with van der Waals surface area (Å²) in [6.45, 7) is 30.7. The highest BCUT2D eigenvalue weighted by atomic mass is 32.2. The van der Waals surface area contributed by atoms with Gasteiger partial charge in [-0.1, -0.05) is 90.0 Å². The summed E-state index contributed by atoms with van der Waals surface area (Å²) < 4.78 is 23.4. The zero-order valence-corrected chi connectivity index (χ0v) is 30.7. The molecule has 8 nitrogen and oxygen atoms in total. The highest BCUT2D eigenvalue weighted by Gasteiger charge is 2.52. The van der Waals surface area contributed by atoms with E-state index in [0.29, 0.717) is 57.7 Å². The molecule has 3 heterocycles. The van der Waals surface area contributed by atoms with Gasteiger partial charge < -0.3 is 19.3 Å². The van der Waals surface area contributed by atoms with Gasteiger partial charge in [-0.2, -0.15) is 5.10 Å². The maximum absolute atomic E-state index is 7.43. The fourth-order valence-corrected chi connectivity index (χ4v) is 19.7. The molecule has 0 radical (unpaired) electrons. The van der Waals surface area contributed by atoms with E-state index in [4.69, 9.17) is 24.4 Å². The second-order valence-corrected chi connectivity index (χ2v) is 25.7. The van der Waals surface area contributed by atoms with Crippen LogP contribution >= 0.6 is 11.8 Å². The number of fused-ring (bicyclic) bond motifs is 1. The van der Waals surface area contributed by atoms with Crippen LogP contribution in [0.5, 0.6) is 0 Å². The molecule has 1 aliphatic heterocycles. The Morgan fingerprint density at radius 1 is 0.902 bits per heavy atom. The van der Waals surface area contributed by atoms with Crippen LogP contribution in [-0.2, 0) is 13.6 Å². The van der Waals surface area contributed by atoms with Crippen LogP contribution in [-0.4, -0.2) is 61.0 Å². The third kappa shape index (κ3) is 6.45. The SMILES string of the molecule is CCSc1nn([C@H]2C[C@H](O[Si](C(C)C)(C(C)C)C(C)C)[C@@H](CO[Si](C(C)C)(C(C)C)C(C)C)O2)c2ncnc(N)c12. The Morgan fingerprint density at radius 3 is 1.93 bits per heavy atom. The predicted octanol–water partition coefficient (Wildman–Crippen LogP) is 8.56. The number of nitrogens with two attached hydrogens (primary N) is 1. The minimum atomic E-state index is -2.18. The fourth-order valence-electron chi connectivity index (χ4n) is 7.92. The molecule has 2 aromatic heterocycles. The molecule has 0 bridgehead atoms. The van der Waals surface area contributed by atoms with Gasteiger partial charge in [0.05, 0.1) is 18.1 Å². The largest absolute Gasteiger partial charge is 0.413 e. The van der Waals surface area contributed by atoms with E-state index in [1.54, 1.807) is 11.8 Å². The number of thioether (sulfide) groups is 1. The maximum Gasteiger partial charge on any atom is 0.200 e. The molecule has 0 unspecified atom stereocenters. The quantitative estimate of drug-likeness (QED) is 0.165. The van der Waals surface area contributed by atoms with Crippen molar-refractivity contribution in [3.05, 3.63) is 6.33 Å². The van der Waals surface area contributed by atoms with Crippen LogP contribution in [0.25, 0.3) is 11.0 Å². The lowest BCUT2D eigenvalue weighted by Crippen LogP contribution is -2.53. The summed E-state index contributed by atoms with van der Waals surface area (Å²) in [7, 11) is -4.27. The van der Waals surface area contributed by atoms with Crippen LogP contribution in [0.2, 0.25) is 33.2 Å². The first kappa shape index (κ1) is 34.5. The highest BCUT2D eigenvalue weighted by molar-refractivity contribution is 7.99. The molecule has 2 aromatic rings. The minimum absolute atomic E-state index is 0.0854. The third-order valence-corrected chi connectivity index (χ3v) is 22.5. The van der Waals surface area contributed by atoms with Crippen LogP contribution in [0.3, 0.4) is 0 Å². The predicted molar refractivity (Wildman–Crippen MR) is 178 cm³/mol. The number of anilines is 1. The molecule has 3 atom stereocenters. The average Bonchev–Trinajstić information content (AvgIpc) is 3.43. The van der Waals surface area contributed by atoms with Crippen LogP contribution < -0.4 is 5.73 Å². The van der Waals surface area contributed by atoms with Gasteiger partial charge >= 0.3 is 0 Å². The molecule has 1 saturated heterocycles. The van der Waals surface area contributed by atoms with Gasteiger partial charge in [0.1, 0.15) is 23.3 Å². The van der Waals surface area contributed by atoms with Crippen molar-refractivity contribution >= 4 is 45.2 Å². The molecule has 0 amide bonds. The molecule has 3 rings (SSSR count). The van der Waals surface area contributed by atoms with E-state index in [0.717, 1.165) is 16.2 Å². The van der Waals surface area contributed by atoms with Gasteiger partial charge in [0.2, 0.25) is 8.32 Å². The molecule has 234 valence electrons. The van der Waals surface area contributed by atoms with Crippen LogP contribution in [0.1, 0.15) is 103 Å². The molecule has 0 aliphatic carbocycles. The third-order valence-electron chi connectivity index (χ3n) is 9.49. The topological polar surface area (TPSA) is 97.3 Å². The Labute approximate surface area is 255 Å². The molecule has 1 aliphatic rings. The van der Waals surface area contributed by atoms with Crippen molar-refractivity contribution in [2.24, 2.45) is 0 Å². The summed E-state index contributed by atoms with van der Waals surface area (Å²) in [5, 5.41) is 6.64. The number of nitrogen functional groups attached to an aromatic ring is 1. The van der Waals surface area contributed by atoms with E-state index in [1.165, 1.54) is 6.33 Å². The second-order valence-electron chi connectivity index (χ2n) is 13.6. The Balaban J connectivity index is 2.06. The average molecular weight is 624 g/mol. The van der Waals surface area contributed by atoms with Crippen molar-refractivity contribution < 1.29 is 13.6 Å². The van der Waals surface area contributed by atoms with Crippen molar-refractivity contribution in [2.45, 2.75) is 153 Å². The van der Waals surface area contributed by atoms with Gasteiger partial charge in [-0.25, -0.2) is 14.6 Å². The van der Waals surface area contributed by atoms with Gasteiger partial charge in [0.15, 0.2) is 20.2 Å². The second kappa shape index (κ2) is 13.8. The number of hydrogen-bond acceptors (Lipinski definition) is 8. The first-order valence-corrected chi connectivity index (χ1v) is 21.0. The van der Waals surface area contributed by atoms with Gasteiger partial charge in [0.25, 0.3) is 0 Å². The van der Waals surface area contributed by atoms with E-state index < -0.39 is 16.6 Å². The monoisotopic (exact) mass is 623 g/mol. The van der Waals surface area contributed by atoms with Crippen molar-refractivity contribution in [1.29, 1.82) is 0 Å².